The van der Waals surface area contributed by atoms with Crippen LogP contribution >= 0.6 is 0 Å². The first kappa shape index (κ1) is 27.8. The number of rotatable bonds is 11. The summed E-state index contributed by atoms with van der Waals surface area (Å²) in [7, 11) is 9.16. The van der Waals surface area contributed by atoms with Crippen molar-refractivity contribution in [1.29, 1.82) is 0 Å². The van der Waals surface area contributed by atoms with E-state index in [0.717, 1.165) is 0 Å². The molecule has 1 aromatic heterocycles. The van der Waals surface area contributed by atoms with Crippen molar-refractivity contribution >= 4 is 17.7 Å². The number of amides is 1. The molecule has 1 N–H and O–H groups in total. The average Bonchev–Trinajstić information content (AvgIpc) is 3.49. The number of ether oxygens (including phenoxy) is 6. The summed E-state index contributed by atoms with van der Waals surface area (Å²) >= 11 is 0. The number of methoxy groups -OCH3 is 6. The van der Waals surface area contributed by atoms with Crippen LogP contribution in [-0.2, 0) is 4.79 Å². The molecule has 11 heteroatoms. The summed E-state index contributed by atoms with van der Waals surface area (Å²) in [5.41, 5.74) is 2.31. The quantitative estimate of drug-likeness (QED) is 0.254. The molecule has 0 unspecified atom stereocenters. The smallest absolute Gasteiger partial charge is 0.260 e. The first-order chi connectivity index (χ1) is 19.5. The van der Waals surface area contributed by atoms with E-state index in [1.54, 1.807) is 54.6 Å². The Hall–Kier alpha value is -5.19. The molecule has 0 aliphatic carbocycles. The summed E-state index contributed by atoms with van der Waals surface area (Å²) in [6.45, 7) is 0. The van der Waals surface area contributed by atoms with Crippen LogP contribution in [0, 0.1) is 0 Å². The van der Waals surface area contributed by atoms with Crippen LogP contribution in [0.4, 0.5) is 5.69 Å². The van der Waals surface area contributed by atoms with Crippen LogP contribution in [-0.4, -0.2) is 58.7 Å². The van der Waals surface area contributed by atoms with Gasteiger partial charge in [-0.2, -0.15) is 4.98 Å². The zero-order chi connectivity index (χ0) is 28.6. The topological polar surface area (TPSA) is 123 Å². The van der Waals surface area contributed by atoms with Gasteiger partial charge >= 0.3 is 0 Å². The van der Waals surface area contributed by atoms with Gasteiger partial charge in [-0.15, -0.1) is 0 Å². The van der Waals surface area contributed by atoms with Crippen molar-refractivity contribution in [3.63, 3.8) is 0 Å². The third kappa shape index (κ3) is 5.78. The highest BCUT2D eigenvalue weighted by atomic mass is 16.5. The Kier molecular flexibility index (Phi) is 8.75. The van der Waals surface area contributed by atoms with E-state index in [2.05, 4.69) is 15.5 Å². The Morgan fingerprint density at radius 3 is 1.88 bits per heavy atom. The Labute approximate surface area is 231 Å². The van der Waals surface area contributed by atoms with E-state index in [1.807, 2.05) is 0 Å². The van der Waals surface area contributed by atoms with Crippen LogP contribution in [0.2, 0.25) is 0 Å². The van der Waals surface area contributed by atoms with Crippen molar-refractivity contribution in [2.75, 3.05) is 48.0 Å². The number of hydrogen-bond donors (Lipinski definition) is 1. The molecule has 1 heterocycles. The second-order valence-electron chi connectivity index (χ2n) is 8.16. The Morgan fingerprint density at radius 2 is 1.32 bits per heavy atom. The molecule has 0 radical (unpaired) electrons. The fourth-order valence-corrected chi connectivity index (χ4v) is 3.98. The fraction of sp³-hybridized carbons (Fsp3) is 0.207. The van der Waals surface area contributed by atoms with E-state index in [9.17, 15) is 4.79 Å². The maximum absolute atomic E-state index is 12.8. The van der Waals surface area contributed by atoms with Gasteiger partial charge in [0.15, 0.2) is 23.0 Å². The Bertz CT molecular complexity index is 1480. The molecule has 0 spiro atoms. The minimum Gasteiger partial charge on any atom is -0.493 e. The average molecular weight is 548 g/mol. The van der Waals surface area contributed by atoms with Gasteiger partial charge < -0.3 is 38.3 Å². The van der Waals surface area contributed by atoms with Crippen molar-refractivity contribution in [1.82, 2.24) is 10.1 Å². The lowest BCUT2D eigenvalue weighted by atomic mass is 10.1. The molecule has 4 rings (SSSR count). The van der Waals surface area contributed by atoms with E-state index in [1.165, 1.54) is 48.7 Å². The highest BCUT2D eigenvalue weighted by Gasteiger charge is 2.19. The van der Waals surface area contributed by atoms with Gasteiger partial charge in [-0.25, -0.2) is 0 Å². The highest BCUT2D eigenvalue weighted by Crippen LogP contribution is 2.41. The molecule has 3 aromatic carbocycles. The second-order valence-corrected chi connectivity index (χ2v) is 8.16. The molecular weight excluding hydrogens is 518 g/mol. The van der Waals surface area contributed by atoms with Crippen molar-refractivity contribution in [3.05, 3.63) is 60.2 Å². The Morgan fingerprint density at radius 1 is 0.775 bits per heavy atom. The summed E-state index contributed by atoms with van der Waals surface area (Å²) in [6.07, 6.45) is 3.03. The molecule has 1 amide bonds. The number of aromatic nitrogens is 2. The molecule has 0 saturated carbocycles. The zero-order valence-corrected chi connectivity index (χ0v) is 22.9. The van der Waals surface area contributed by atoms with E-state index >= 15 is 0 Å². The van der Waals surface area contributed by atoms with Gasteiger partial charge in [0.1, 0.15) is 0 Å². The van der Waals surface area contributed by atoms with Gasteiger partial charge in [0.2, 0.25) is 23.2 Å². The predicted molar refractivity (Wildman–Crippen MR) is 149 cm³/mol. The molecule has 0 aliphatic heterocycles. The van der Waals surface area contributed by atoms with Crippen molar-refractivity contribution in [2.24, 2.45) is 0 Å². The number of para-hydroxylation sites is 1. The van der Waals surface area contributed by atoms with E-state index in [-0.39, 0.29) is 11.8 Å². The molecule has 208 valence electrons. The first-order valence-electron chi connectivity index (χ1n) is 12.0. The summed E-state index contributed by atoms with van der Waals surface area (Å²) in [5.74, 6) is 2.93. The number of carbonyl (C=O) groups excluding carboxylic acids is 1. The van der Waals surface area contributed by atoms with Crippen molar-refractivity contribution in [2.45, 2.75) is 0 Å². The van der Waals surface area contributed by atoms with Gasteiger partial charge in [-0.3, -0.25) is 4.79 Å². The molecule has 0 aliphatic rings. The first-order valence-corrected chi connectivity index (χ1v) is 12.0. The summed E-state index contributed by atoms with van der Waals surface area (Å²) in [6, 6.07) is 14.0. The molecule has 40 heavy (non-hydrogen) atoms. The third-order valence-electron chi connectivity index (χ3n) is 5.88. The van der Waals surface area contributed by atoms with E-state index in [4.69, 9.17) is 32.9 Å². The molecule has 11 nitrogen and oxygen atoms in total. The standard InChI is InChI=1S/C29H29N3O8/c1-34-21-13-17(14-22(35-2)26(21)38-5)11-12-25(33)30-20-10-8-7-9-19(20)29-31-28(32-40-29)18-15-23(36-3)27(39-6)24(16-18)37-4/h7-16H,1-6H3,(H,30,33)/b12-11+. The zero-order valence-electron chi connectivity index (χ0n) is 22.9. The van der Waals surface area contributed by atoms with Crippen LogP contribution in [0.15, 0.2) is 59.1 Å². The lowest BCUT2D eigenvalue weighted by molar-refractivity contribution is -0.111. The SMILES string of the molecule is COc1cc(/C=C/C(=O)Nc2ccccc2-c2nc(-c3cc(OC)c(OC)c(OC)c3)no2)cc(OC)c1OC. The highest BCUT2D eigenvalue weighted by molar-refractivity contribution is 6.04. The summed E-state index contributed by atoms with van der Waals surface area (Å²) in [5, 5.41) is 6.98. The Balaban J connectivity index is 1.58. The van der Waals surface area contributed by atoms with E-state index in [0.29, 0.717) is 62.7 Å². The van der Waals surface area contributed by atoms with Crippen LogP contribution < -0.4 is 33.7 Å². The number of nitrogens with one attached hydrogen (secondary N) is 1. The lowest BCUT2D eigenvalue weighted by Crippen LogP contribution is -2.08. The summed E-state index contributed by atoms with van der Waals surface area (Å²) in [4.78, 5) is 17.4. The maximum atomic E-state index is 12.8. The van der Waals surface area contributed by atoms with Crippen LogP contribution in [0.1, 0.15) is 5.56 Å². The van der Waals surface area contributed by atoms with Crippen molar-refractivity contribution in [3.8, 4) is 57.3 Å². The number of hydrogen-bond acceptors (Lipinski definition) is 10. The molecule has 0 atom stereocenters. The van der Waals surface area contributed by atoms with Gasteiger partial charge in [0.05, 0.1) is 53.9 Å². The molecule has 0 saturated heterocycles. The minimum atomic E-state index is -0.370. The minimum absolute atomic E-state index is 0.216. The van der Waals surface area contributed by atoms with Crippen LogP contribution in [0.3, 0.4) is 0 Å². The monoisotopic (exact) mass is 547 g/mol. The third-order valence-corrected chi connectivity index (χ3v) is 5.88. The van der Waals surface area contributed by atoms with Crippen LogP contribution in [0.5, 0.6) is 34.5 Å². The molecule has 4 aromatic rings. The lowest BCUT2D eigenvalue weighted by Gasteiger charge is -2.12. The largest absolute Gasteiger partial charge is 0.493 e. The normalized spacial score (nSPS) is 10.8. The van der Waals surface area contributed by atoms with Crippen LogP contribution in [0.25, 0.3) is 28.9 Å². The fourth-order valence-electron chi connectivity index (χ4n) is 3.98. The van der Waals surface area contributed by atoms with Gasteiger partial charge in [0.25, 0.3) is 5.89 Å². The van der Waals surface area contributed by atoms with Gasteiger partial charge in [0, 0.05) is 11.6 Å². The number of anilines is 1. The van der Waals surface area contributed by atoms with E-state index < -0.39 is 0 Å². The number of nitrogens with zero attached hydrogens (tertiary/aromatic N) is 2. The van der Waals surface area contributed by atoms with Gasteiger partial charge in [-0.05, 0) is 48.0 Å². The molecule has 0 bridgehead atoms. The maximum Gasteiger partial charge on any atom is 0.260 e. The number of benzene rings is 3. The predicted octanol–water partition coefficient (Wildman–Crippen LogP) is 5.11. The second kappa shape index (κ2) is 12.6. The number of carbonyl (C=O) groups is 1. The van der Waals surface area contributed by atoms with Crippen molar-refractivity contribution < 1.29 is 37.7 Å². The molecule has 0 fully saturated rings. The molecular formula is C29H29N3O8. The summed E-state index contributed by atoms with van der Waals surface area (Å²) < 4.78 is 37.9. The van der Waals surface area contributed by atoms with Gasteiger partial charge in [-0.1, -0.05) is 17.3 Å².